The second kappa shape index (κ2) is 4.96. The van der Waals surface area contributed by atoms with E-state index in [4.69, 9.17) is 4.74 Å². The molecule has 0 aromatic rings. The molecule has 0 aliphatic heterocycles. The molecule has 2 aliphatic carbocycles. The van der Waals surface area contributed by atoms with Crippen LogP contribution in [0.4, 0.5) is 0 Å². The lowest BCUT2D eigenvalue weighted by Crippen LogP contribution is -2.42. The van der Waals surface area contributed by atoms with Crippen molar-refractivity contribution in [2.45, 2.75) is 78.7 Å². The molecule has 0 radical (unpaired) electrons. The van der Waals surface area contributed by atoms with Crippen LogP contribution in [0.15, 0.2) is 11.1 Å². The Hall–Kier alpha value is -0.790. The first kappa shape index (κ1) is 14.6. The second-order valence-corrected chi connectivity index (χ2v) is 7.31. The molecule has 0 N–H and O–H groups in total. The van der Waals surface area contributed by atoms with E-state index in [2.05, 4.69) is 27.7 Å². The van der Waals surface area contributed by atoms with Gasteiger partial charge in [-0.3, -0.25) is 4.79 Å². The Bertz CT molecular complexity index is 405. The second-order valence-electron chi connectivity index (χ2n) is 7.31. The maximum atomic E-state index is 11.3. The van der Waals surface area contributed by atoms with Gasteiger partial charge >= 0.3 is 5.97 Å². The zero-order valence-electron chi connectivity index (χ0n) is 13.1. The summed E-state index contributed by atoms with van der Waals surface area (Å²) >= 11 is 0. The summed E-state index contributed by atoms with van der Waals surface area (Å²) < 4.78 is 5.56. The van der Waals surface area contributed by atoms with E-state index in [-0.39, 0.29) is 11.6 Å². The van der Waals surface area contributed by atoms with Crippen molar-refractivity contribution in [3.8, 4) is 0 Å². The zero-order chi connectivity index (χ0) is 14.3. The Morgan fingerprint density at radius 3 is 2.68 bits per heavy atom. The average molecular weight is 264 g/mol. The van der Waals surface area contributed by atoms with Crippen molar-refractivity contribution < 1.29 is 9.53 Å². The van der Waals surface area contributed by atoms with Gasteiger partial charge in [-0.05, 0) is 64.7 Å². The number of rotatable bonds is 2. The molecule has 0 saturated heterocycles. The predicted octanol–water partition coefficient (Wildman–Crippen LogP) is 4.63. The molecule has 2 aliphatic rings. The van der Waals surface area contributed by atoms with Crippen molar-refractivity contribution in [2.75, 3.05) is 0 Å². The fourth-order valence-electron chi connectivity index (χ4n) is 4.15. The molecule has 2 nitrogen and oxygen atoms in total. The van der Waals surface area contributed by atoms with Crippen LogP contribution in [0.5, 0.6) is 0 Å². The number of allylic oxidation sites excluding steroid dienone is 2. The molecule has 2 atom stereocenters. The minimum atomic E-state index is -0.335. The Labute approximate surface area is 117 Å². The van der Waals surface area contributed by atoms with E-state index >= 15 is 0 Å². The lowest BCUT2D eigenvalue weighted by atomic mass is 9.59. The van der Waals surface area contributed by atoms with Crippen molar-refractivity contribution in [1.29, 1.82) is 0 Å². The first-order valence-corrected chi connectivity index (χ1v) is 7.63. The molecule has 0 amide bonds. The molecule has 2 heteroatoms. The summed E-state index contributed by atoms with van der Waals surface area (Å²) in [5.74, 6) is 0.306. The Balaban J connectivity index is 2.19. The summed E-state index contributed by atoms with van der Waals surface area (Å²) in [6.45, 7) is 10.4. The van der Waals surface area contributed by atoms with E-state index in [0.717, 1.165) is 6.42 Å². The fourth-order valence-corrected chi connectivity index (χ4v) is 4.15. The summed E-state index contributed by atoms with van der Waals surface area (Å²) in [5.41, 5.74) is 3.34. The van der Waals surface area contributed by atoms with E-state index in [1.807, 2.05) is 0 Å². The van der Waals surface area contributed by atoms with Crippen LogP contribution in [-0.4, -0.2) is 11.6 Å². The van der Waals surface area contributed by atoms with Crippen LogP contribution in [0.2, 0.25) is 0 Å². The number of carbonyl (C=O) groups excluding carboxylic acids is 1. The summed E-state index contributed by atoms with van der Waals surface area (Å²) in [4.78, 5) is 11.3. The standard InChI is InChI=1S/C17H28O2/c1-12-7-6-9-17(5)10-8-14(11-15(12)17)16(3,4)19-13(2)18/h14H,6-11H2,1-5H3. The van der Waals surface area contributed by atoms with Gasteiger partial charge in [-0.1, -0.05) is 18.1 Å². The highest BCUT2D eigenvalue weighted by atomic mass is 16.6. The summed E-state index contributed by atoms with van der Waals surface area (Å²) in [6.07, 6.45) is 7.46. The van der Waals surface area contributed by atoms with Gasteiger partial charge in [0.1, 0.15) is 5.60 Å². The Morgan fingerprint density at radius 2 is 2.05 bits per heavy atom. The lowest BCUT2D eigenvalue weighted by molar-refractivity contribution is -0.160. The molecule has 1 saturated carbocycles. The lowest BCUT2D eigenvalue weighted by Gasteiger charge is -2.47. The monoisotopic (exact) mass is 264 g/mol. The number of hydrogen-bond acceptors (Lipinski definition) is 2. The van der Waals surface area contributed by atoms with Crippen molar-refractivity contribution in [1.82, 2.24) is 0 Å². The smallest absolute Gasteiger partial charge is 0.303 e. The van der Waals surface area contributed by atoms with Gasteiger partial charge in [0.05, 0.1) is 0 Å². The zero-order valence-corrected chi connectivity index (χ0v) is 13.1. The molecule has 2 rings (SSSR count). The van der Waals surface area contributed by atoms with E-state index in [9.17, 15) is 4.79 Å². The number of fused-ring (bicyclic) bond motifs is 1. The summed E-state index contributed by atoms with van der Waals surface area (Å²) in [6, 6.07) is 0. The highest BCUT2D eigenvalue weighted by Gasteiger charge is 2.43. The molecule has 108 valence electrons. The first-order valence-electron chi connectivity index (χ1n) is 7.63. The number of hydrogen-bond donors (Lipinski definition) is 0. The number of ether oxygens (including phenoxy) is 1. The van der Waals surface area contributed by atoms with E-state index in [1.165, 1.54) is 39.0 Å². The maximum absolute atomic E-state index is 11.3. The number of esters is 1. The maximum Gasteiger partial charge on any atom is 0.303 e. The largest absolute Gasteiger partial charge is 0.460 e. The van der Waals surface area contributed by atoms with Gasteiger partial charge in [0.15, 0.2) is 0 Å². The van der Waals surface area contributed by atoms with Crippen LogP contribution in [0.1, 0.15) is 73.1 Å². The molecular formula is C17H28O2. The quantitative estimate of drug-likeness (QED) is 0.536. The van der Waals surface area contributed by atoms with Gasteiger partial charge in [-0.25, -0.2) is 0 Å². The average Bonchev–Trinajstić information content (AvgIpc) is 2.26. The van der Waals surface area contributed by atoms with Gasteiger partial charge in [0, 0.05) is 12.8 Å². The van der Waals surface area contributed by atoms with Gasteiger partial charge in [-0.15, -0.1) is 0 Å². The number of carbonyl (C=O) groups is 1. The van der Waals surface area contributed by atoms with Crippen LogP contribution in [0.25, 0.3) is 0 Å². The topological polar surface area (TPSA) is 26.3 Å². The Kier molecular flexibility index (Phi) is 3.81. The third kappa shape index (κ3) is 2.88. The van der Waals surface area contributed by atoms with E-state index in [0.29, 0.717) is 11.3 Å². The molecule has 0 heterocycles. The van der Waals surface area contributed by atoms with Crippen molar-refractivity contribution in [3.63, 3.8) is 0 Å². The molecule has 0 aromatic heterocycles. The third-order valence-electron chi connectivity index (χ3n) is 5.41. The highest BCUT2D eigenvalue weighted by Crippen LogP contribution is 2.53. The molecule has 0 bridgehead atoms. The van der Waals surface area contributed by atoms with Crippen LogP contribution in [-0.2, 0) is 9.53 Å². The summed E-state index contributed by atoms with van der Waals surface area (Å²) in [5, 5.41) is 0. The van der Waals surface area contributed by atoms with E-state index in [1.54, 1.807) is 11.1 Å². The molecule has 0 aromatic carbocycles. The molecule has 0 spiro atoms. The highest BCUT2D eigenvalue weighted by molar-refractivity contribution is 5.66. The minimum absolute atomic E-state index is 0.160. The first-order chi connectivity index (χ1) is 8.74. The van der Waals surface area contributed by atoms with Crippen molar-refractivity contribution >= 4 is 5.97 Å². The summed E-state index contributed by atoms with van der Waals surface area (Å²) in [7, 11) is 0. The predicted molar refractivity (Wildman–Crippen MR) is 77.8 cm³/mol. The molecule has 19 heavy (non-hydrogen) atoms. The van der Waals surface area contributed by atoms with Crippen LogP contribution >= 0.6 is 0 Å². The van der Waals surface area contributed by atoms with Gasteiger partial charge in [0.2, 0.25) is 0 Å². The van der Waals surface area contributed by atoms with E-state index < -0.39 is 0 Å². The fraction of sp³-hybridized carbons (Fsp3) is 0.824. The molecule has 2 unspecified atom stereocenters. The minimum Gasteiger partial charge on any atom is -0.460 e. The van der Waals surface area contributed by atoms with Crippen LogP contribution in [0, 0.1) is 11.3 Å². The van der Waals surface area contributed by atoms with Gasteiger partial charge in [-0.2, -0.15) is 0 Å². The third-order valence-corrected chi connectivity index (χ3v) is 5.41. The SMILES string of the molecule is CC(=O)OC(C)(C)C1CCC2(C)CCCC(C)=C2C1. The molecular weight excluding hydrogens is 236 g/mol. The molecule has 1 fully saturated rings. The van der Waals surface area contributed by atoms with Crippen LogP contribution < -0.4 is 0 Å². The van der Waals surface area contributed by atoms with Crippen molar-refractivity contribution in [3.05, 3.63) is 11.1 Å². The normalized spacial score (nSPS) is 31.9. The van der Waals surface area contributed by atoms with Gasteiger partial charge < -0.3 is 4.74 Å². The Morgan fingerprint density at radius 1 is 1.37 bits per heavy atom. The van der Waals surface area contributed by atoms with Gasteiger partial charge in [0.25, 0.3) is 0 Å². The van der Waals surface area contributed by atoms with Crippen molar-refractivity contribution in [2.24, 2.45) is 11.3 Å². The van der Waals surface area contributed by atoms with Crippen LogP contribution in [0.3, 0.4) is 0 Å².